The maximum absolute atomic E-state index is 3.82. The first-order valence-corrected chi connectivity index (χ1v) is 13.2. The fourth-order valence-electron chi connectivity index (χ4n) is 6.75. The van der Waals surface area contributed by atoms with Crippen molar-refractivity contribution >= 4 is 26.7 Å². The summed E-state index contributed by atoms with van der Waals surface area (Å²) in [6.45, 7) is 0. The zero-order chi connectivity index (χ0) is 23.9. The lowest BCUT2D eigenvalue weighted by atomic mass is 9.61. The van der Waals surface area contributed by atoms with Crippen molar-refractivity contribution < 1.29 is 0 Å². The van der Waals surface area contributed by atoms with Crippen LogP contribution in [0.1, 0.15) is 22.3 Å². The van der Waals surface area contributed by atoms with Crippen molar-refractivity contribution in [2.24, 2.45) is 0 Å². The van der Waals surface area contributed by atoms with E-state index in [2.05, 4.69) is 143 Å². The average Bonchev–Trinajstić information content (AvgIpc) is 3.22. The van der Waals surface area contributed by atoms with Crippen LogP contribution in [0.5, 0.6) is 0 Å². The maximum atomic E-state index is 3.82. The summed E-state index contributed by atoms with van der Waals surface area (Å²) in [6.07, 6.45) is 0. The zero-order valence-electron chi connectivity index (χ0n) is 19.5. The molecule has 8 rings (SSSR count). The molecule has 1 unspecified atom stereocenters. The molecular formula is C35H21Br. The van der Waals surface area contributed by atoms with E-state index in [0.717, 1.165) is 4.47 Å². The van der Waals surface area contributed by atoms with Crippen molar-refractivity contribution in [1.82, 2.24) is 0 Å². The van der Waals surface area contributed by atoms with Crippen molar-refractivity contribution in [2.75, 3.05) is 0 Å². The molecule has 0 bridgehead atoms. The van der Waals surface area contributed by atoms with Crippen LogP contribution in [0.25, 0.3) is 44.2 Å². The first-order chi connectivity index (χ1) is 17.8. The topological polar surface area (TPSA) is 0 Å². The molecule has 2 aliphatic carbocycles. The fraction of sp³-hybridized carbons (Fsp3) is 0.0286. The molecule has 6 aromatic carbocycles. The average molecular weight is 521 g/mol. The summed E-state index contributed by atoms with van der Waals surface area (Å²) < 4.78 is 1.11. The number of benzene rings is 6. The van der Waals surface area contributed by atoms with Crippen molar-refractivity contribution in [3.05, 3.63) is 154 Å². The first kappa shape index (κ1) is 20.3. The molecule has 0 saturated carbocycles. The van der Waals surface area contributed by atoms with Gasteiger partial charge in [-0.05, 0) is 84.6 Å². The standard InChI is InChI=1S/C35H21Br/c36-25-17-19-27-26-12-4-5-14-30(26)35(33(27)21-25)31-15-7-11-23-10-6-13-29(34(23)31)28-18-16-24(20-32(28)35)22-8-2-1-3-9-22/h1-21H. The minimum atomic E-state index is -0.385. The lowest BCUT2D eigenvalue weighted by Gasteiger charge is -2.40. The predicted octanol–water partition coefficient (Wildman–Crippen LogP) is 9.61. The van der Waals surface area contributed by atoms with E-state index in [1.165, 1.54) is 66.4 Å². The van der Waals surface area contributed by atoms with Crippen molar-refractivity contribution in [3.63, 3.8) is 0 Å². The lowest BCUT2D eigenvalue weighted by molar-refractivity contribution is 0.773. The van der Waals surface area contributed by atoms with Gasteiger partial charge in [0.05, 0.1) is 5.41 Å². The third-order valence-electron chi connectivity index (χ3n) is 8.14. The van der Waals surface area contributed by atoms with Crippen LogP contribution in [0.2, 0.25) is 0 Å². The summed E-state index contributed by atoms with van der Waals surface area (Å²) in [7, 11) is 0. The summed E-state index contributed by atoms with van der Waals surface area (Å²) >= 11 is 3.82. The molecule has 1 atom stereocenters. The predicted molar refractivity (Wildman–Crippen MR) is 153 cm³/mol. The van der Waals surface area contributed by atoms with Gasteiger partial charge >= 0.3 is 0 Å². The van der Waals surface area contributed by atoms with E-state index in [4.69, 9.17) is 0 Å². The molecule has 0 radical (unpaired) electrons. The largest absolute Gasteiger partial charge is 0.0726 e. The van der Waals surface area contributed by atoms with E-state index in [1.54, 1.807) is 0 Å². The summed E-state index contributed by atoms with van der Waals surface area (Å²) in [5, 5.41) is 2.66. The van der Waals surface area contributed by atoms with Gasteiger partial charge in [-0.25, -0.2) is 0 Å². The Morgan fingerprint density at radius 2 is 1.06 bits per heavy atom. The minimum absolute atomic E-state index is 0.385. The molecule has 0 fully saturated rings. The van der Waals surface area contributed by atoms with E-state index >= 15 is 0 Å². The summed E-state index contributed by atoms with van der Waals surface area (Å²) in [5.41, 5.74) is 12.9. The molecule has 36 heavy (non-hydrogen) atoms. The van der Waals surface area contributed by atoms with Gasteiger partial charge < -0.3 is 0 Å². The van der Waals surface area contributed by atoms with Crippen LogP contribution < -0.4 is 0 Å². The molecule has 0 saturated heterocycles. The molecule has 6 aromatic rings. The third-order valence-corrected chi connectivity index (χ3v) is 8.63. The highest BCUT2D eigenvalue weighted by molar-refractivity contribution is 9.10. The first-order valence-electron chi connectivity index (χ1n) is 12.4. The molecule has 0 aliphatic heterocycles. The molecule has 0 aromatic heterocycles. The Labute approximate surface area is 219 Å². The molecule has 0 nitrogen and oxygen atoms in total. The van der Waals surface area contributed by atoms with E-state index in [-0.39, 0.29) is 5.41 Å². The van der Waals surface area contributed by atoms with Crippen molar-refractivity contribution in [3.8, 4) is 33.4 Å². The molecule has 0 amide bonds. The highest BCUT2D eigenvalue weighted by Gasteiger charge is 2.50. The normalized spacial score (nSPS) is 16.6. The Morgan fingerprint density at radius 3 is 1.94 bits per heavy atom. The molecule has 1 heteroatoms. The summed E-state index contributed by atoms with van der Waals surface area (Å²) in [5.74, 6) is 0. The van der Waals surface area contributed by atoms with Gasteiger partial charge in [0.15, 0.2) is 0 Å². The number of fused-ring (bicyclic) bond motifs is 9. The SMILES string of the molecule is Brc1ccc2c(c1)C1(c3ccccc3-2)c2cc(-c3ccccc3)ccc2-c2cccc3cccc1c23. The van der Waals surface area contributed by atoms with E-state index in [9.17, 15) is 0 Å². The van der Waals surface area contributed by atoms with E-state index in [1.807, 2.05) is 0 Å². The van der Waals surface area contributed by atoms with Gasteiger partial charge in [-0.15, -0.1) is 0 Å². The van der Waals surface area contributed by atoms with E-state index in [0.29, 0.717) is 0 Å². The smallest absolute Gasteiger partial charge is 0.0622 e. The quantitative estimate of drug-likeness (QED) is 0.202. The van der Waals surface area contributed by atoms with Crippen molar-refractivity contribution in [2.45, 2.75) is 5.41 Å². The molecule has 0 N–H and O–H groups in total. The number of hydrogen-bond donors (Lipinski definition) is 0. The van der Waals surface area contributed by atoms with Gasteiger partial charge in [0.25, 0.3) is 0 Å². The minimum Gasteiger partial charge on any atom is -0.0622 e. The fourth-order valence-corrected chi connectivity index (χ4v) is 7.12. The number of halogens is 1. The van der Waals surface area contributed by atoms with Crippen LogP contribution in [-0.4, -0.2) is 0 Å². The Balaban J connectivity index is 1.61. The van der Waals surface area contributed by atoms with Crippen LogP contribution in [0.4, 0.5) is 0 Å². The molecule has 0 heterocycles. The highest BCUT2D eigenvalue weighted by Crippen LogP contribution is 2.62. The third kappa shape index (κ3) is 2.49. The molecule has 168 valence electrons. The Bertz CT molecular complexity index is 1840. The molecular weight excluding hydrogens is 500 g/mol. The van der Waals surface area contributed by atoms with Crippen molar-refractivity contribution in [1.29, 1.82) is 0 Å². The van der Waals surface area contributed by atoms with Crippen LogP contribution >= 0.6 is 15.9 Å². The second kappa shape index (κ2) is 7.29. The number of hydrogen-bond acceptors (Lipinski definition) is 0. The van der Waals surface area contributed by atoms with Crippen LogP contribution in [0.15, 0.2) is 132 Å². The van der Waals surface area contributed by atoms with Gasteiger partial charge in [0.1, 0.15) is 0 Å². The van der Waals surface area contributed by atoms with Gasteiger partial charge in [-0.1, -0.05) is 125 Å². The Morgan fingerprint density at radius 1 is 0.417 bits per heavy atom. The maximum Gasteiger partial charge on any atom is 0.0726 e. The lowest BCUT2D eigenvalue weighted by Crippen LogP contribution is -2.32. The van der Waals surface area contributed by atoms with Crippen LogP contribution in [0.3, 0.4) is 0 Å². The Hall–Kier alpha value is -3.94. The van der Waals surface area contributed by atoms with Gasteiger partial charge in [-0.2, -0.15) is 0 Å². The second-order valence-electron chi connectivity index (χ2n) is 9.82. The van der Waals surface area contributed by atoms with Gasteiger partial charge in [-0.3, -0.25) is 0 Å². The van der Waals surface area contributed by atoms with Gasteiger partial charge in [0, 0.05) is 4.47 Å². The monoisotopic (exact) mass is 520 g/mol. The number of rotatable bonds is 1. The zero-order valence-corrected chi connectivity index (χ0v) is 21.1. The molecule has 1 spiro atoms. The van der Waals surface area contributed by atoms with E-state index < -0.39 is 0 Å². The van der Waals surface area contributed by atoms with Gasteiger partial charge in [0.2, 0.25) is 0 Å². The van der Waals surface area contributed by atoms with Crippen LogP contribution in [0, 0.1) is 0 Å². The summed E-state index contributed by atoms with van der Waals surface area (Å²) in [4.78, 5) is 0. The molecule has 2 aliphatic rings. The Kier molecular flexibility index (Phi) is 4.10. The summed E-state index contributed by atoms with van der Waals surface area (Å²) in [6, 6.07) is 47.2. The second-order valence-corrected chi connectivity index (χ2v) is 10.7. The highest BCUT2D eigenvalue weighted by atomic mass is 79.9. The van der Waals surface area contributed by atoms with Crippen LogP contribution in [-0.2, 0) is 5.41 Å².